The van der Waals surface area contributed by atoms with Crippen LogP contribution in [0, 0.1) is 11.8 Å². The highest BCUT2D eigenvalue weighted by Crippen LogP contribution is 2.39. The summed E-state index contributed by atoms with van der Waals surface area (Å²) in [4.78, 5) is 0. The zero-order chi connectivity index (χ0) is 14.7. The van der Waals surface area contributed by atoms with Gasteiger partial charge in [0.25, 0.3) is 0 Å². The largest absolute Gasteiger partial charge is 0.490 e. The minimum atomic E-state index is 0.487. The van der Waals surface area contributed by atoms with Crippen LogP contribution in [0.5, 0.6) is 5.75 Å². The second-order valence-electron chi connectivity index (χ2n) is 7.00. The maximum absolute atomic E-state index is 5.86. The smallest absolute Gasteiger partial charge is 0.119 e. The van der Waals surface area contributed by atoms with Gasteiger partial charge in [-0.3, -0.25) is 0 Å². The SMILES string of the molecule is CCCNC(c1ccc(OC2CC2)cc1)C1CCC(C)C1. The van der Waals surface area contributed by atoms with E-state index in [1.54, 1.807) is 0 Å². The number of benzene rings is 1. The van der Waals surface area contributed by atoms with Gasteiger partial charge in [-0.25, -0.2) is 0 Å². The van der Waals surface area contributed by atoms with Crippen LogP contribution in [0.4, 0.5) is 0 Å². The molecule has 2 nitrogen and oxygen atoms in total. The minimum Gasteiger partial charge on any atom is -0.490 e. The molecule has 2 aliphatic carbocycles. The van der Waals surface area contributed by atoms with Crippen molar-refractivity contribution in [1.29, 1.82) is 0 Å². The second-order valence-corrected chi connectivity index (χ2v) is 7.00. The third-order valence-corrected chi connectivity index (χ3v) is 4.89. The molecule has 0 amide bonds. The molecule has 3 atom stereocenters. The molecule has 2 aliphatic rings. The normalized spacial score (nSPS) is 26.8. The van der Waals surface area contributed by atoms with Crippen LogP contribution in [0.25, 0.3) is 0 Å². The Balaban J connectivity index is 1.68. The molecule has 1 N–H and O–H groups in total. The van der Waals surface area contributed by atoms with Crippen LogP contribution >= 0.6 is 0 Å². The zero-order valence-electron chi connectivity index (χ0n) is 13.5. The van der Waals surface area contributed by atoms with Gasteiger partial charge in [0, 0.05) is 6.04 Å². The predicted molar refractivity (Wildman–Crippen MR) is 87.6 cm³/mol. The monoisotopic (exact) mass is 287 g/mol. The summed E-state index contributed by atoms with van der Waals surface area (Å²) in [5, 5.41) is 3.78. The van der Waals surface area contributed by atoms with Crippen molar-refractivity contribution in [3.63, 3.8) is 0 Å². The topological polar surface area (TPSA) is 21.3 Å². The van der Waals surface area contributed by atoms with E-state index in [2.05, 4.69) is 43.4 Å². The summed E-state index contributed by atoms with van der Waals surface area (Å²) in [7, 11) is 0. The fourth-order valence-corrected chi connectivity index (χ4v) is 3.54. The Hall–Kier alpha value is -1.02. The molecule has 0 heterocycles. The first-order valence-electron chi connectivity index (χ1n) is 8.76. The molecule has 3 unspecified atom stereocenters. The molecule has 0 radical (unpaired) electrons. The van der Waals surface area contributed by atoms with E-state index < -0.39 is 0 Å². The van der Waals surface area contributed by atoms with Crippen molar-refractivity contribution >= 4 is 0 Å². The molecule has 21 heavy (non-hydrogen) atoms. The van der Waals surface area contributed by atoms with Crippen LogP contribution in [-0.2, 0) is 0 Å². The molecule has 0 spiro atoms. The average molecular weight is 287 g/mol. The Kier molecular flexibility index (Phi) is 4.84. The zero-order valence-corrected chi connectivity index (χ0v) is 13.5. The van der Waals surface area contributed by atoms with E-state index in [-0.39, 0.29) is 0 Å². The quantitative estimate of drug-likeness (QED) is 0.784. The molecular weight excluding hydrogens is 258 g/mol. The highest BCUT2D eigenvalue weighted by molar-refractivity contribution is 5.30. The third kappa shape index (κ3) is 4.00. The highest BCUT2D eigenvalue weighted by Gasteiger charge is 2.29. The van der Waals surface area contributed by atoms with E-state index in [1.165, 1.54) is 44.1 Å². The highest BCUT2D eigenvalue weighted by atomic mass is 16.5. The van der Waals surface area contributed by atoms with Gasteiger partial charge < -0.3 is 10.1 Å². The molecule has 0 aliphatic heterocycles. The van der Waals surface area contributed by atoms with Gasteiger partial charge in [-0.1, -0.05) is 32.4 Å². The van der Waals surface area contributed by atoms with Crippen molar-refractivity contribution in [2.45, 2.75) is 64.5 Å². The molecule has 0 bridgehead atoms. The van der Waals surface area contributed by atoms with Crippen LogP contribution in [0.15, 0.2) is 24.3 Å². The van der Waals surface area contributed by atoms with E-state index in [9.17, 15) is 0 Å². The van der Waals surface area contributed by atoms with Crippen molar-refractivity contribution in [2.24, 2.45) is 11.8 Å². The van der Waals surface area contributed by atoms with Crippen molar-refractivity contribution in [3.05, 3.63) is 29.8 Å². The van der Waals surface area contributed by atoms with Gasteiger partial charge >= 0.3 is 0 Å². The Morgan fingerprint density at radius 1 is 1.14 bits per heavy atom. The molecule has 2 fully saturated rings. The maximum atomic E-state index is 5.86. The summed E-state index contributed by atoms with van der Waals surface area (Å²) < 4.78 is 5.86. The Morgan fingerprint density at radius 3 is 2.48 bits per heavy atom. The standard InChI is InChI=1S/C19H29NO/c1-3-12-20-19(16-5-4-14(2)13-16)15-6-8-17(9-7-15)21-18-10-11-18/h6-9,14,16,18-20H,3-5,10-13H2,1-2H3. The summed E-state index contributed by atoms with van der Waals surface area (Å²) in [6.45, 7) is 5.74. The average Bonchev–Trinajstić information content (AvgIpc) is 3.21. The van der Waals surface area contributed by atoms with Gasteiger partial charge in [-0.05, 0) is 68.2 Å². The predicted octanol–water partition coefficient (Wildman–Crippen LogP) is 4.70. The lowest BCUT2D eigenvalue weighted by Crippen LogP contribution is -2.28. The second kappa shape index (κ2) is 6.83. The van der Waals surface area contributed by atoms with Crippen molar-refractivity contribution < 1.29 is 4.74 Å². The van der Waals surface area contributed by atoms with Crippen molar-refractivity contribution in [1.82, 2.24) is 5.32 Å². The van der Waals surface area contributed by atoms with E-state index in [0.717, 1.165) is 24.1 Å². The first-order valence-corrected chi connectivity index (χ1v) is 8.76. The summed E-state index contributed by atoms with van der Waals surface area (Å²) in [5.74, 6) is 2.72. The molecule has 1 aromatic rings. The lowest BCUT2D eigenvalue weighted by Gasteiger charge is -2.26. The van der Waals surface area contributed by atoms with Gasteiger partial charge in [0.15, 0.2) is 0 Å². The van der Waals surface area contributed by atoms with Gasteiger partial charge in [0.1, 0.15) is 5.75 Å². The first kappa shape index (κ1) is 14.9. The van der Waals surface area contributed by atoms with Gasteiger partial charge in [-0.15, -0.1) is 0 Å². The third-order valence-electron chi connectivity index (χ3n) is 4.89. The number of hydrogen-bond acceptors (Lipinski definition) is 2. The number of nitrogens with one attached hydrogen (secondary N) is 1. The molecule has 1 aromatic carbocycles. The molecule has 0 saturated heterocycles. The number of rotatable bonds is 7. The lowest BCUT2D eigenvalue weighted by molar-refractivity contribution is 0.302. The number of ether oxygens (including phenoxy) is 1. The minimum absolute atomic E-state index is 0.487. The Bertz CT molecular complexity index is 437. The molecular formula is C19H29NO. The summed E-state index contributed by atoms with van der Waals surface area (Å²) >= 11 is 0. The molecule has 2 saturated carbocycles. The summed E-state index contributed by atoms with van der Waals surface area (Å²) in [6.07, 6.45) is 8.25. The van der Waals surface area contributed by atoms with Gasteiger partial charge in [0.2, 0.25) is 0 Å². The van der Waals surface area contributed by atoms with Crippen molar-refractivity contribution in [2.75, 3.05) is 6.54 Å². The van der Waals surface area contributed by atoms with E-state index in [4.69, 9.17) is 4.74 Å². The maximum Gasteiger partial charge on any atom is 0.119 e. The fourth-order valence-electron chi connectivity index (χ4n) is 3.54. The molecule has 116 valence electrons. The molecule has 3 rings (SSSR count). The first-order chi connectivity index (χ1) is 10.3. The molecule has 2 heteroatoms. The van der Waals surface area contributed by atoms with Crippen LogP contribution < -0.4 is 10.1 Å². The van der Waals surface area contributed by atoms with Crippen molar-refractivity contribution in [3.8, 4) is 5.75 Å². The lowest BCUT2D eigenvalue weighted by atomic mass is 9.90. The van der Waals surface area contributed by atoms with E-state index in [0.29, 0.717) is 12.1 Å². The van der Waals surface area contributed by atoms with Crippen LogP contribution in [0.1, 0.15) is 64.0 Å². The van der Waals surface area contributed by atoms with E-state index in [1.807, 2.05) is 0 Å². The van der Waals surface area contributed by atoms with Gasteiger partial charge in [0.05, 0.1) is 6.10 Å². The summed E-state index contributed by atoms with van der Waals surface area (Å²) in [5.41, 5.74) is 1.44. The van der Waals surface area contributed by atoms with Crippen LogP contribution in [0.3, 0.4) is 0 Å². The Morgan fingerprint density at radius 2 is 1.90 bits per heavy atom. The summed E-state index contributed by atoms with van der Waals surface area (Å²) in [6, 6.07) is 9.38. The Labute approximate surface area is 129 Å². The van der Waals surface area contributed by atoms with Crippen LogP contribution in [0.2, 0.25) is 0 Å². The van der Waals surface area contributed by atoms with E-state index >= 15 is 0 Å². The fraction of sp³-hybridized carbons (Fsp3) is 0.684. The van der Waals surface area contributed by atoms with Gasteiger partial charge in [-0.2, -0.15) is 0 Å². The van der Waals surface area contributed by atoms with Crippen LogP contribution in [-0.4, -0.2) is 12.6 Å². The number of hydrogen-bond donors (Lipinski definition) is 1. The molecule has 0 aromatic heterocycles.